The predicted octanol–water partition coefficient (Wildman–Crippen LogP) is 2.82. The van der Waals surface area contributed by atoms with Gasteiger partial charge in [0.25, 0.3) is 23.6 Å². The highest BCUT2D eigenvalue weighted by molar-refractivity contribution is 6.35. The lowest BCUT2D eigenvalue weighted by molar-refractivity contribution is 0.0535. The molecule has 7 nitrogen and oxygen atoms in total. The molecule has 9 heteroatoms. The van der Waals surface area contributed by atoms with Crippen molar-refractivity contribution in [1.29, 1.82) is 0 Å². The molecule has 154 valence electrons. The molecular formula is C21H17Cl2N3O4. The first-order chi connectivity index (χ1) is 14.3. The summed E-state index contributed by atoms with van der Waals surface area (Å²) in [6.45, 7) is 1.42. The normalized spacial score (nSPS) is 16.2. The van der Waals surface area contributed by atoms with Crippen LogP contribution >= 0.6 is 23.2 Å². The van der Waals surface area contributed by atoms with E-state index in [2.05, 4.69) is 0 Å². The Morgan fingerprint density at radius 3 is 1.80 bits per heavy atom. The zero-order chi connectivity index (χ0) is 21.6. The molecule has 30 heavy (non-hydrogen) atoms. The molecule has 0 radical (unpaired) electrons. The molecule has 1 saturated heterocycles. The second-order valence-electron chi connectivity index (χ2n) is 7.17. The maximum Gasteiger partial charge on any atom is 0.261 e. The van der Waals surface area contributed by atoms with Gasteiger partial charge in [-0.1, -0.05) is 23.2 Å². The number of fused-ring (bicyclic) bond motifs is 1. The van der Waals surface area contributed by atoms with Crippen molar-refractivity contribution in [3.05, 3.63) is 68.7 Å². The zero-order valence-electron chi connectivity index (χ0n) is 16.0. The maximum absolute atomic E-state index is 12.9. The average molecular weight is 446 g/mol. The number of piperazine rings is 1. The van der Waals surface area contributed by atoms with Crippen LogP contribution in [0.4, 0.5) is 0 Å². The van der Waals surface area contributed by atoms with Gasteiger partial charge in [0.15, 0.2) is 0 Å². The van der Waals surface area contributed by atoms with Crippen molar-refractivity contribution in [2.24, 2.45) is 0 Å². The van der Waals surface area contributed by atoms with E-state index < -0.39 is 5.91 Å². The standard InChI is InChI=1S/C21H17Cl2N3O4/c1-24-20(29)16-3-2-12(10-17(16)21(24)30)18(27)25-4-6-26(7-5-25)19(28)13-8-14(22)11-15(23)9-13/h2-3,8-11H,4-7H2,1H3. The fraction of sp³-hybridized carbons (Fsp3) is 0.238. The van der Waals surface area contributed by atoms with E-state index >= 15 is 0 Å². The van der Waals surface area contributed by atoms with Crippen LogP contribution in [0.3, 0.4) is 0 Å². The summed E-state index contributed by atoms with van der Waals surface area (Å²) >= 11 is 12.0. The summed E-state index contributed by atoms with van der Waals surface area (Å²) in [5.74, 6) is -1.23. The van der Waals surface area contributed by atoms with Crippen LogP contribution in [0.25, 0.3) is 0 Å². The molecule has 2 aliphatic rings. The third-order valence-electron chi connectivity index (χ3n) is 5.30. The van der Waals surface area contributed by atoms with E-state index in [0.717, 1.165) is 4.90 Å². The molecule has 0 saturated carbocycles. The monoisotopic (exact) mass is 445 g/mol. The third kappa shape index (κ3) is 3.55. The molecular weight excluding hydrogens is 429 g/mol. The Bertz CT molecular complexity index is 1070. The highest BCUT2D eigenvalue weighted by Crippen LogP contribution is 2.24. The van der Waals surface area contributed by atoms with Gasteiger partial charge in [0, 0.05) is 54.4 Å². The van der Waals surface area contributed by atoms with Crippen LogP contribution in [-0.4, -0.2) is 71.6 Å². The van der Waals surface area contributed by atoms with E-state index in [4.69, 9.17) is 23.2 Å². The van der Waals surface area contributed by atoms with Crippen LogP contribution in [0.1, 0.15) is 41.4 Å². The number of hydrogen-bond acceptors (Lipinski definition) is 4. The molecule has 4 rings (SSSR count). The summed E-state index contributed by atoms with van der Waals surface area (Å²) in [6, 6.07) is 9.21. The van der Waals surface area contributed by atoms with E-state index in [0.29, 0.717) is 52.9 Å². The highest BCUT2D eigenvalue weighted by atomic mass is 35.5. The smallest absolute Gasteiger partial charge is 0.261 e. The van der Waals surface area contributed by atoms with Gasteiger partial charge in [0.05, 0.1) is 11.1 Å². The third-order valence-corrected chi connectivity index (χ3v) is 5.74. The van der Waals surface area contributed by atoms with Crippen molar-refractivity contribution in [2.45, 2.75) is 0 Å². The maximum atomic E-state index is 12.9. The molecule has 0 bridgehead atoms. The number of nitrogens with zero attached hydrogens (tertiary/aromatic N) is 3. The fourth-order valence-electron chi connectivity index (χ4n) is 3.65. The van der Waals surface area contributed by atoms with Gasteiger partial charge in [-0.3, -0.25) is 24.1 Å². The molecule has 0 aromatic heterocycles. The quantitative estimate of drug-likeness (QED) is 0.665. The molecule has 0 unspecified atom stereocenters. The molecule has 2 aromatic rings. The molecule has 0 spiro atoms. The highest BCUT2D eigenvalue weighted by Gasteiger charge is 2.34. The van der Waals surface area contributed by atoms with Crippen LogP contribution in [0.2, 0.25) is 10.0 Å². The second-order valence-corrected chi connectivity index (χ2v) is 8.05. The van der Waals surface area contributed by atoms with Gasteiger partial charge < -0.3 is 9.80 Å². The van der Waals surface area contributed by atoms with Gasteiger partial charge in [-0.05, 0) is 36.4 Å². The summed E-state index contributed by atoms with van der Waals surface area (Å²) in [5.41, 5.74) is 1.28. The van der Waals surface area contributed by atoms with Crippen molar-refractivity contribution in [3.63, 3.8) is 0 Å². The Morgan fingerprint density at radius 1 is 0.733 bits per heavy atom. The molecule has 4 amide bonds. The lowest BCUT2D eigenvalue weighted by Crippen LogP contribution is -2.50. The predicted molar refractivity (Wildman–Crippen MR) is 111 cm³/mol. The zero-order valence-corrected chi connectivity index (χ0v) is 17.5. The molecule has 2 aliphatic heterocycles. The van der Waals surface area contributed by atoms with Crippen LogP contribution in [-0.2, 0) is 0 Å². The average Bonchev–Trinajstić information content (AvgIpc) is 2.96. The minimum Gasteiger partial charge on any atom is -0.335 e. The number of halogens is 2. The summed E-state index contributed by atoms with van der Waals surface area (Å²) in [6.07, 6.45) is 0. The summed E-state index contributed by atoms with van der Waals surface area (Å²) in [5, 5.41) is 0.768. The van der Waals surface area contributed by atoms with Crippen LogP contribution in [0.5, 0.6) is 0 Å². The Labute approximate surface area is 182 Å². The second kappa shape index (κ2) is 7.74. The van der Waals surface area contributed by atoms with Crippen LogP contribution in [0.15, 0.2) is 36.4 Å². The van der Waals surface area contributed by atoms with Gasteiger partial charge in [-0.15, -0.1) is 0 Å². The van der Waals surface area contributed by atoms with Gasteiger partial charge >= 0.3 is 0 Å². The first kappa shape index (κ1) is 20.4. The number of rotatable bonds is 2. The van der Waals surface area contributed by atoms with E-state index in [1.165, 1.54) is 19.2 Å². The number of hydrogen-bond donors (Lipinski definition) is 0. The van der Waals surface area contributed by atoms with Gasteiger partial charge in [0.1, 0.15) is 0 Å². The molecule has 2 aromatic carbocycles. The van der Waals surface area contributed by atoms with E-state index in [1.54, 1.807) is 34.1 Å². The Kier molecular flexibility index (Phi) is 5.26. The number of carbonyl (C=O) groups is 4. The van der Waals surface area contributed by atoms with Gasteiger partial charge in [-0.2, -0.15) is 0 Å². The van der Waals surface area contributed by atoms with Crippen LogP contribution in [0, 0.1) is 0 Å². The van der Waals surface area contributed by atoms with Gasteiger partial charge in [0.2, 0.25) is 0 Å². The van der Waals surface area contributed by atoms with Crippen molar-refractivity contribution in [2.75, 3.05) is 33.2 Å². The minimum atomic E-state index is -0.416. The number of imide groups is 1. The van der Waals surface area contributed by atoms with E-state index in [1.807, 2.05) is 0 Å². The van der Waals surface area contributed by atoms with Crippen LogP contribution < -0.4 is 0 Å². The Balaban J connectivity index is 1.45. The first-order valence-electron chi connectivity index (χ1n) is 9.27. The lowest BCUT2D eigenvalue weighted by Gasteiger charge is -2.35. The summed E-state index contributed by atoms with van der Waals surface area (Å²) < 4.78 is 0. The summed E-state index contributed by atoms with van der Waals surface area (Å²) in [4.78, 5) is 54.1. The summed E-state index contributed by atoms with van der Waals surface area (Å²) in [7, 11) is 1.41. The molecule has 0 atom stereocenters. The lowest BCUT2D eigenvalue weighted by atomic mass is 10.0. The molecule has 2 heterocycles. The van der Waals surface area contributed by atoms with Crippen molar-refractivity contribution < 1.29 is 19.2 Å². The Hall–Kier alpha value is -2.90. The number of amides is 4. The largest absolute Gasteiger partial charge is 0.335 e. The molecule has 0 aliphatic carbocycles. The van der Waals surface area contributed by atoms with E-state index in [-0.39, 0.29) is 23.3 Å². The van der Waals surface area contributed by atoms with E-state index in [9.17, 15) is 19.2 Å². The van der Waals surface area contributed by atoms with Crippen molar-refractivity contribution in [3.8, 4) is 0 Å². The van der Waals surface area contributed by atoms with Gasteiger partial charge in [-0.25, -0.2) is 0 Å². The Morgan fingerprint density at radius 2 is 1.23 bits per heavy atom. The van der Waals surface area contributed by atoms with Crippen molar-refractivity contribution >= 4 is 46.8 Å². The number of carbonyl (C=O) groups excluding carboxylic acids is 4. The molecule has 0 N–H and O–H groups in total. The fourth-order valence-corrected chi connectivity index (χ4v) is 4.18. The SMILES string of the molecule is CN1C(=O)c2ccc(C(=O)N3CCN(C(=O)c4cc(Cl)cc(Cl)c4)CC3)cc2C1=O. The molecule has 1 fully saturated rings. The minimum absolute atomic E-state index is 0.198. The number of benzene rings is 2. The van der Waals surface area contributed by atoms with Crippen molar-refractivity contribution in [1.82, 2.24) is 14.7 Å². The topological polar surface area (TPSA) is 78.0 Å². The first-order valence-corrected chi connectivity index (χ1v) is 10.0.